The Labute approximate surface area is 137 Å². The molecule has 1 saturated carbocycles. The molecule has 21 heavy (non-hydrogen) atoms. The molecular formula is C15H22Cl2N4. The first kappa shape index (κ1) is 17.8. The predicted octanol–water partition coefficient (Wildman–Crippen LogP) is 3.92. The molecular weight excluding hydrogens is 307 g/mol. The van der Waals surface area contributed by atoms with Crippen LogP contribution in [0.4, 0.5) is 0 Å². The molecule has 2 rings (SSSR count). The van der Waals surface area contributed by atoms with Crippen LogP contribution >= 0.6 is 24.0 Å². The van der Waals surface area contributed by atoms with Gasteiger partial charge in [-0.1, -0.05) is 55.8 Å². The van der Waals surface area contributed by atoms with Gasteiger partial charge in [-0.15, -0.1) is 12.4 Å². The molecule has 4 N–H and O–H groups in total. The van der Waals surface area contributed by atoms with Crippen molar-refractivity contribution in [2.24, 2.45) is 16.8 Å². The van der Waals surface area contributed by atoms with Crippen LogP contribution < -0.4 is 11.2 Å². The fraction of sp³-hybridized carbons (Fsp3) is 0.467. The number of hydrazone groups is 1. The summed E-state index contributed by atoms with van der Waals surface area (Å²) in [5.41, 5.74) is 9.87. The third-order valence-electron chi connectivity index (χ3n) is 3.70. The van der Waals surface area contributed by atoms with Crippen LogP contribution in [0.15, 0.2) is 29.4 Å². The van der Waals surface area contributed by atoms with Gasteiger partial charge in [0.2, 0.25) is 5.96 Å². The van der Waals surface area contributed by atoms with Crippen LogP contribution in [0.3, 0.4) is 0 Å². The Balaban J connectivity index is 0.00000220. The first-order chi connectivity index (χ1) is 9.65. The van der Waals surface area contributed by atoms with Crippen molar-refractivity contribution in [2.75, 3.05) is 0 Å². The molecule has 0 unspecified atom stereocenters. The van der Waals surface area contributed by atoms with Gasteiger partial charge < -0.3 is 5.73 Å². The standard InChI is InChI=1S/C15H21ClN4.ClH/c16-13-8-6-12(7-9-13)14(19-20-15(17)18)10-11-4-2-1-3-5-11;/h6-9,11H,1-5,10H2,(H4,17,18,20);1H/b19-14-;. The van der Waals surface area contributed by atoms with Crippen LogP contribution in [0.2, 0.25) is 5.02 Å². The summed E-state index contributed by atoms with van der Waals surface area (Å²) in [5, 5.41) is 12.2. The van der Waals surface area contributed by atoms with Gasteiger partial charge in [-0.05, 0) is 30.0 Å². The summed E-state index contributed by atoms with van der Waals surface area (Å²) in [4.78, 5) is 0. The van der Waals surface area contributed by atoms with Crippen LogP contribution in [-0.2, 0) is 0 Å². The molecule has 0 radical (unpaired) electrons. The van der Waals surface area contributed by atoms with Crippen LogP contribution in [-0.4, -0.2) is 11.7 Å². The van der Waals surface area contributed by atoms with Gasteiger partial charge in [0.1, 0.15) is 0 Å². The maximum atomic E-state index is 7.24. The van der Waals surface area contributed by atoms with Crippen molar-refractivity contribution in [3.8, 4) is 0 Å². The second-order valence-corrected chi connectivity index (χ2v) is 5.74. The molecule has 0 saturated heterocycles. The smallest absolute Gasteiger partial charge is 0.206 e. The number of guanidine groups is 1. The SMILES string of the molecule is Cl.N=C(N)N/N=C(/CC1CCCCC1)c1ccc(Cl)cc1. The quantitative estimate of drug-likeness (QED) is 0.445. The number of halogens is 2. The van der Waals surface area contributed by atoms with Crippen LogP contribution in [0.25, 0.3) is 0 Å². The van der Waals surface area contributed by atoms with E-state index in [0.29, 0.717) is 10.9 Å². The minimum absolute atomic E-state index is 0. The first-order valence-corrected chi connectivity index (χ1v) is 7.45. The largest absolute Gasteiger partial charge is 0.369 e. The Morgan fingerprint density at radius 2 is 1.86 bits per heavy atom. The Hall–Kier alpha value is -1.26. The van der Waals surface area contributed by atoms with Crippen molar-refractivity contribution in [3.63, 3.8) is 0 Å². The molecule has 0 amide bonds. The fourth-order valence-corrected chi connectivity index (χ4v) is 2.79. The van der Waals surface area contributed by atoms with E-state index in [9.17, 15) is 0 Å². The first-order valence-electron chi connectivity index (χ1n) is 7.07. The van der Waals surface area contributed by atoms with Gasteiger partial charge >= 0.3 is 0 Å². The van der Waals surface area contributed by atoms with Gasteiger partial charge in [0.25, 0.3) is 0 Å². The Bertz CT molecular complexity index is 479. The van der Waals surface area contributed by atoms with Crippen LogP contribution in [0.1, 0.15) is 44.1 Å². The molecule has 1 fully saturated rings. The van der Waals surface area contributed by atoms with Crippen molar-refractivity contribution < 1.29 is 0 Å². The van der Waals surface area contributed by atoms with Crippen molar-refractivity contribution in [2.45, 2.75) is 38.5 Å². The average Bonchev–Trinajstić information content (AvgIpc) is 2.45. The van der Waals surface area contributed by atoms with Crippen molar-refractivity contribution in [3.05, 3.63) is 34.9 Å². The molecule has 0 aromatic heterocycles. The molecule has 4 nitrogen and oxygen atoms in total. The highest BCUT2D eigenvalue weighted by molar-refractivity contribution is 6.30. The Morgan fingerprint density at radius 1 is 1.24 bits per heavy atom. The highest BCUT2D eigenvalue weighted by Crippen LogP contribution is 2.28. The van der Waals surface area contributed by atoms with E-state index in [-0.39, 0.29) is 18.4 Å². The molecule has 6 heteroatoms. The van der Waals surface area contributed by atoms with E-state index in [0.717, 1.165) is 17.7 Å². The van der Waals surface area contributed by atoms with Gasteiger partial charge in [-0.25, -0.2) is 5.43 Å². The number of rotatable bonds is 4. The normalized spacial score (nSPS) is 16.1. The summed E-state index contributed by atoms with van der Waals surface area (Å²) < 4.78 is 0. The topological polar surface area (TPSA) is 74.3 Å². The number of nitrogens with one attached hydrogen (secondary N) is 2. The third kappa shape index (κ3) is 5.94. The lowest BCUT2D eigenvalue weighted by Gasteiger charge is -2.22. The summed E-state index contributed by atoms with van der Waals surface area (Å²) in [6.07, 6.45) is 7.38. The molecule has 0 spiro atoms. The molecule has 1 aliphatic rings. The lowest BCUT2D eigenvalue weighted by Crippen LogP contribution is -2.27. The Morgan fingerprint density at radius 3 is 2.43 bits per heavy atom. The second kappa shape index (κ2) is 8.90. The third-order valence-corrected chi connectivity index (χ3v) is 3.95. The van der Waals surface area contributed by atoms with Gasteiger partial charge in [-0.2, -0.15) is 5.10 Å². The number of nitrogens with zero attached hydrogens (tertiary/aromatic N) is 1. The van der Waals surface area contributed by atoms with E-state index in [4.69, 9.17) is 22.7 Å². The minimum atomic E-state index is -0.139. The fourth-order valence-electron chi connectivity index (χ4n) is 2.66. The molecule has 116 valence electrons. The summed E-state index contributed by atoms with van der Waals surface area (Å²) >= 11 is 5.93. The predicted molar refractivity (Wildman–Crippen MR) is 91.5 cm³/mol. The lowest BCUT2D eigenvalue weighted by molar-refractivity contribution is 0.368. The van der Waals surface area contributed by atoms with E-state index < -0.39 is 0 Å². The molecule has 1 aromatic rings. The van der Waals surface area contributed by atoms with Gasteiger partial charge in [-0.3, -0.25) is 5.41 Å². The zero-order valence-corrected chi connectivity index (χ0v) is 13.5. The molecule has 0 bridgehead atoms. The van der Waals surface area contributed by atoms with Crippen molar-refractivity contribution >= 4 is 35.7 Å². The lowest BCUT2D eigenvalue weighted by atomic mass is 9.84. The van der Waals surface area contributed by atoms with Crippen molar-refractivity contribution in [1.29, 1.82) is 5.41 Å². The minimum Gasteiger partial charge on any atom is -0.369 e. The zero-order chi connectivity index (χ0) is 14.4. The van der Waals surface area contributed by atoms with E-state index in [1.54, 1.807) is 0 Å². The van der Waals surface area contributed by atoms with Crippen LogP contribution in [0.5, 0.6) is 0 Å². The van der Waals surface area contributed by atoms with Crippen molar-refractivity contribution in [1.82, 2.24) is 5.43 Å². The number of nitrogens with two attached hydrogens (primary N) is 1. The highest BCUT2D eigenvalue weighted by Gasteiger charge is 2.17. The van der Waals surface area contributed by atoms with Gasteiger partial charge in [0.05, 0.1) is 5.71 Å². The number of hydrogen-bond acceptors (Lipinski definition) is 2. The van der Waals surface area contributed by atoms with E-state index in [2.05, 4.69) is 10.5 Å². The molecule has 1 aliphatic carbocycles. The number of benzene rings is 1. The van der Waals surface area contributed by atoms with Gasteiger partial charge in [0.15, 0.2) is 0 Å². The van der Waals surface area contributed by atoms with Crippen LogP contribution in [0, 0.1) is 11.3 Å². The Kier molecular flexibility index (Phi) is 7.54. The van der Waals surface area contributed by atoms with E-state index >= 15 is 0 Å². The molecule has 0 heterocycles. The molecule has 0 atom stereocenters. The maximum absolute atomic E-state index is 7.24. The molecule has 0 aliphatic heterocycles. The zero-order valence-electron chi connectivity index (χ0n) is 11.9. The summed E-state index contributed by atoms with van der Waals surface area (Å²) in [5.74, 6) is 0.534. The summed E-state index contributed by atoms with van der Waals surface area (Å²) in [6, 6.07) is 7.65. The van der Waals surface area contributed by atoms with E-state index in [1.807, 2.05) is 24.3 Å². The highest BCUT2D eigenvalue weighted by atomic mass is 35.5. The molecule has 1 aromatic carbocycles. The number of hydrogen-bond donors (Lipinski definition) is 3. The monoisotopic (exact) mass is 328 g/mol. The van der Waals surface area contributed by atoms with E-state index in [1.165, 1.54) is 32.1 Å². The second-order valence-electron chi connectivity index (χ2n) is 5.30. The summed E-state index contributed by atoms with van der Waals surface area (Å²) in [7, 11) is 0. The maximum Gasteiger partial charge on any atom is 0.206 e. The van der Waals surface area contributed by atoms with Gasteiger partial charge in [0, 0.05) is 5.02 Å². The summed E-state index contributed by atoms with van der Waals surface area (Å²) in [6.45, 7) is 0. The average molecular weight is 329 g/mol.